The first-order valence-electron chi connectivity index (χ1n) is 5.33. The van der Waals surface area contributed by atoms with E-state index >= 15 is 0 Å². The van der Waals surface area contributed by atoms with E-state index in [1.165, 1.54) is 0 Å². The molecular formula is C12H15BrClNO2. The lowest BCUT2D eigenvalue weighted by Crippen LogP contribution is -2.30. The highest BCUT2D eigenvalue weighted by Crippen LogP contribution is 2.25. The summed E-state index contributed by atoms with van der Waals surface area (Å²) < 4.78 is 5.20. The lowest BCUT2D eigenvalue weighted by Gasteiger charge is -2.12. The number of ether oxygens (including phenoxy) is 1. The summed E-state index contributed by atoms with van der Waals surface area (Å²) in [5, 5.41) is 3.40. The number of halogens is 2. The number of nitrogens with one attached hydrogen (secondary N) is 1. The summed E-state index contributed by atoms with van der Waals surface area (Å²) in [5.41, 5.74) is 0.792. The van der Waals surface area contributed by atoms with Crippen LogP contribution in [0.1, 0.15) is 18.9 Å². The molecule has 1 amide bonds. The standard InChI is InChI=1S/C12H15BrClNO2/c1-3-9(13)12(16)15-7-8-10(14)5-4-6-11(8)17-2/h4-6,9H,3,7H2,1-2H3,(H,15,16). The maximum Gasteiger partial charge on any atom is 0.234 e. The van der Waals surface area contributed by atoms with Crippen molar-refractivity contribution in [1.29, 1.82) is 0 Å². The lowest BCUT2D eigenvalue weighted by atomic mass is 10.2. The third kappa shape index (κ3) is 3.89. The van der Waals surface area contributed by atoms with Crippen LogP contribution < -0.4 is 10.1 Å². The number of amides is 1. The van der Waals surface area contributed by atoms with E-state index < -0.39 is 0 Å². The smallest absolute Gasteiger partial charge is 0.234 e. The topological polar surface area (TPSA) is 38.3 Å². The van der Waals surface area contributed by atoms with E-state index in [-0.39, 0.29) is 10.7 Å². The molecule has 0 aromatic heterocycles. The molecular weight excluding hydrogens is 305 g/mol. The number of benzene rings is 1. The highest BCUT2D eigenvalue weighted by Gasteiger charge is 2.14. The zero-order valence-corrected chi connectivity index (χ0v) is 12.1. The Bertz CT molecular complexity index is 398. The van der Waals surface area contributed by atoms with Gasteiger partial charge in [0.1, 0.15) is 5.75 Å². The molecule has 0 aliphatic heterocycles. The molecule has 0 aliphatic carbocycles. The second-order valence-electron chi connectivity index (χ2n) is 3.51. The van der Waals surface area contributed by atoms with Crippen LogP contribution in [0.4, 0.5) is 0 Å². The number of carbonyl (C=O) groups excluding carboxylic acids is 1. The van der Waals surface area contributed by atoms with Crippen LogP contribution in [-0.2, 0) is 11.3 Å². The summed E-state index contributed by atoms with van der Waals surface area (Å²) in [7, 11) is 1.58. The van der Waals surface area contributed by atoms with Gasteiger partial charge in [0.15, 0.2) is 0 Å². The van der Waals surface area contributed by atoms with Gasteiger partial charge in [-0.05, 0) is 18.6 Å². The van der Waals surface area contributed by atoms with Crippen molar-refractivity contribution in [3.05, 3.63) is 28.8 Å². The van der Waals surface area contributed by atoms with Gasteiger partial charge < -0.3 is 10.1 Å². The van der Waals surface area contributed by atoms with Gasteiger partial charge in [-0.2, -0.15) is 0 Å². The van der Waals surface area contributed by atoms with Crippen molar-refractivity contribution in [2.45, 2.75) is 24.7 Å². The van der Waals surface area contributed by atoms with E-state index in [2.05, 4.69) is 21.2 Å². The number of alkyl halides is 1. The molecule has 5 heteroatoms. The summed E-state index contributed by atoms with van der Waals surface area (Å²) in [6, 6.07) is 5.40. The molecule has 94 valence electrons. The van der Waals surface area contributed by atoms with Crippen molar-refractivity contribution >= 4 is 33.4 Å². The summed E-state index contributed by atoms with van der Waals surface area (Å²) in [6.07, 6.45) is 0.742. The van der Waals surface area contributed by atoms with Crippen LogP contribution in [0.3, 0.4) is 0 Å². The van der Waals surface area contributed by atoms with Crippen LogP contribution in [-0.4, -0.2) is 17.8 Å². The van der Waals surface area contributed by atoms with Gasteiger partial charge in [0.25, 0.3) is 0 Å². The Morgan fingerprint density at radius 1 is 1.59 bits per heavy atom. The Hall–Kier alpha value is -0.740. The SMILES string of the molecule is CCC(Br)C(=O)NCc1c(Cl)cccc1OC. The second-order valence-corrected chi connectivity index (χ2v) is 5.03. The predicted octanol–water partition coefficient (Wildman–Crippen LogP) is 3.14. The van der Waals surface area contributed by atoms with E-state index in [4.69, 9.17) is 16.3 Å². The summed E-state index contributed by atoms with van der Waals surface area (Å²) in [6.45, 7) is 2.30. The van der Waals surface area contributed by atoms with Gasteiger partial charge >= 0.3 is 0 Å². The van der Waals surface area contributed by atoms with Gasteiger partial charge in [0, 0.05) is 17.1 Å². The lowest BCUT2D eigenvalue weighted by molar-refractivity contribution is -0.120. The van der Waals surface area contributed by atoms with Crippen LogP contribution in [0, 0.1) is 0 Å². The Labute approximate surface area is 115 Å². The summed E-state index contributed by atoms with van der Waals surface area (Å²) in [5.74, 6) is 0.634. The maximum atomic E-state index is 11.6. The Morgan fingerprint density at radius 2 is 2.29 bits per heavy atom. The quantitative estimate of drug-likeness (QED) is 0.847. The zero-order valence-electron chi connectivity index (χ0n) is 9.80. The molecule has 1 aromatic carbocycles. The molecule has 0 saturated carbocycles. The molecule has 0 bridgehead atoms. The minimum atomic E-state index is -0.170. The number of methoxy groups -OCH3 is 1. The molecule has 0 radical (unpaired) electrons. The average molecular weight is 321 g/mol. The first-order valence-corrected chi connectivity index (χ1v) is 6.62. The predicted molar refractivity (Wildman–Crippen MR) is 72.9 cm³/mol. The van der Waals surface area contributed by atoms with Crippen molar-refractivity contribution in [2.75, 3.05) is 7.11 Å². The number of carbonyl (C=O) groups is 1. The normalized spacial score (nSPS) is 12.0. The molecule has 0 spiro atoms. The molecule has 17 heavy (non-hydrogen) atoms. The first kappa shape index (κ1) is 14.3. The molecule has 1 rings (SSSR count). The Kier molecular flexibility index (Phi) is 5.78. The first-order chi connectivity index (χ1) is 8.10. The molecule has 1 aromatic rings. The Morgan fingerprint density at radius 3 is 2.88 bits per heavy atom. The third-order valence-electron chi connectivity index (χ3n) is 2.38. The minimum Gasteiger partial charge on any atom is -0.496 e. The van der Waals surface area contributed by atoms with Crippen LogP contribution in [0.25, 0.3) is 0 Å². The van der Waals surface area contributed by atoms with E-state index in [0.29, 0.717) is 17.3 Å². The van der Waals surface area contributed by atoms with Crippen molar-refractivity contribution in [2.24, 2.45) is 0 Å². The fraction of sp³-hybridized carbons (Fsp3) is 0.417. The van der Waals surface area contributed by atoms with Gasteiger partial charge in [-0.25, -0.2) is 0 Å². The molecule has 1 unspecified atom stereocenters. The molecule has 1 atom stereocenters. The van der Waals surface area contributed by atoms with Crippen molar-refractivity contribution in [3.63, 3.8) is 0 Å². The summed E-state index contributed by atoms with van der Waals surface area (Å²) >= 11 is 9.36. The van der Waals surface area contributed by atoms with Crippen LogP contribution in [0.2, 0.25) is 5.02 Å². The minimum absolute atomic E-state index is 0.0468. The van der Waals surface area contributed by atoms with Crippen molar-refractivity contribution in [1.82, 2.24) is 5.32 Å². The molecule has 1 N–H and O–H groups in total. The largest absolute Gasteiger partial charge is 0.496 e. The third-order valence-corrected chi connectivity index (χ3v) is 3.80. The van der Waals surface area contributed by atoms with Gasteiger partial charge in [0.05, 0.1) is 11.9 Å². The fourth-order valence-electron chi connectivity index (χ4n) is 1.37. The molecule has 0 saturated heterocycles. The van der Waals surface area contributed by atoms with Gasteiger partial charge in [-0.15, -0.1) is 0 Å². The highest BCUT2D eigenvalue weighted by atomic mass is 79.9. The van der Waals surface area contributed by atoms with Crippen LogP contribution in [0.5, 0.6) is 5.75 Å². The van der Waals surface area contributed by atoms with Crippen LogP contribution in [0.15, 0.2) is 18.2 Å². The van der Waals surface area contributed by atoms with Crippen molar-refractivity contribution in [3.8, 4) is 5.75 Å². The van der Waals surface area contributed by atoms with E-state index in [1.54, 1.807) is 13.2 Å². The zero-order chi connectivity index (χ0) is 12.8. The monoisotopic (exact) mass is 319 g/mol. The van der Waals surface area contributed by atoms with Gasteiger partial charge in [-0.3, -0.25) is 4.79 Å². The molecule has 3 nitrogen and oxygen atoms in total. The number of hydrogen-bond acceptors (Lipinski definition) is 2. The van der Waals surface area contributed by atoms with E-state index in [1.807, 2.05) is 19.1 Å². The Balaban J connectivity index is 2.72. The van der Waals surface area contributed by atoms with E-state index in [9.17, 15) is 4.79 Å². The highest BCUT2D eigenvalue weighted by molar-refractivity contribution is 9.10. The fourth-order valence-corrected chi connectivity index (χ4v) is 1.77. The molecule has 0 fully saturated rings. The van der Waals surface area contributed by atoms with Crippen LogP contribution >= 0.6 is 27.5 Å². The average Bonchev–Trinajstić information content (AvgIpc) is 2.35. The van der Waals surface area contributed by atoms with Crippen molar-refractivity contribution < 1.29 is 9.53 Å². The summed E-state index contributed by atoms with van der Waals surface area (Å²) in [4.78, 5) is 11.4. The van der Waals surface area contributed by atoms with Gasteiger partial charge in [0.2, 0.25) is 5.91 Å². The maximum absolute atomic E-state index is 11.6. The number of rotatable bonds is 5. The number of hydrogen-bond donors (Lipinski definition) is 1. The molecule has 0 aliphatic rings. The molecule has 0 heterocycles. The second kappa shape index (κ2) is 6.87. The van der Waals surface area contributed by atoms with Gasteiger partial charge in [-0.1, -0.05) is 40.5 Å². The van der Waals surface area contributed by atoms with E-state index in [0.717, 1.165) is 12.0 Å².